The molecule has 9 heteroatoms. The molecule has 2 aromatic rings. The van der Waals surface area contributed by atoms with Crippen molar-refractivity contribution in [2.24, 2.45) is 13.0 Å². The molecule has 0 radical (unpaired) electrons. The first kappa shape index (κ1) is 21.4. The lowest BCUT2D eigenvalue weighted by atomic mass is 9.91. The van der Waals surface area contributed by atoms with Crippen LogP contribution in [-0.2, 0) is 22.1 Å². The Balaban J connectivity index is 1.77. The number of rotatable bonds is 9. The lowest BCUT2D eigenvalue weighted by molar-refractivity contribution is -0.129. The first-order valence-electron chi connectivity index (χ1n) is 10.1. The van der Waals surface area contributed by atoms with Crippen molar-refractivity contribution >= 4 is 5.91 Å². The van der Waals surface area contributed by atoms with Gasteiger partial charge in [0.05, 0.1) is 24.4 Å². The summed E-state index contributed by atoms with van der Waals surface area (Å²) in [6.45, 7) is 10.3. The molecule has 1 amide bonds. The molecule has 9 nitrogen and oxygen atoms in total. The topological polar surface area (TPSA) is 90.1 Å². The second-order valence-electron chi connectivity index (χ2n) is 8.42. The number of likely N-dealkylation sites (tertiary alicyclic amines) is 1. The SMILES string of the molecule is COCCN1C(=O)C[C@@H](CN[C@@H](C)C(C)(C)n2cncn2)[C@@H]1c1cnn(C)c1C. The van der Waals surface area contributed by atoms with Crippen LogP contribution in [0, 0.1) is 12.8 Å². The highest BCUT2D eigenvalue weighted by Gasteiger charge is 2.42. The van der Waals surface area contributed by atoms with Gasteiger partial charge < -0.3 is 15.0 Å². The number of nitrogens with zero attached hydrogens (tertiary/aromatic N) is 6. The van der Waals surface area contributed by atoms with E-state index in [0.717, 1.165) is 17.8 Å². The van der Waals surface area contributed by atoms with Crippen molar-refractivity contribution in [3.05, 3.63) is 30.1 Å². The Morgan fingerprint density at radius 2 is 2.14 bits per heavy atom. The quantitative estimate of drug-likeness (QED) is 0.678. The minimum atomic E-state index is -0.242. The average Bonchev–Trinajstić information content (AvgIpc) is 3.40. The summed E-state index contributed by atoms with van der Waals surface area (Å²) in [6.07, 6.45) is 5.71. The second-order valence-corrected chi connectivity index (χ2v) is 8.42. The largest absolute Gasteiger partial charge is 0.383 e. The van der Waals surface area contributed by atoms with E-state index >= 15 is 0 Å². The molecule has 3 atom stereocenters. The van der Waals surface area contributed by atoms with Crippen molar-refractivity contribution in [3.8, 4) is 0 Å². The van der Waals surface area contributed by atoms with E-state index in [2.05, 4.69) is 48.2 Å². The van der Waals surface area contributed by atoms with E-state index in [1.807, 2.05) is 27.5 Å². The fourth-order valence-corrected chi connectivity index (χ4v) is 4.01. The Bertz CT molecular complexity index is 815. The van der Waals surface area contributed by atoms with E-state index in [1.165, 1.54) is 0 Å². The Morgan fingerprint density at radius 3 is 2.72 bits per heavy atom. The number of amides is 1. The number of ether oxygens (including phenoxy) is 1. The van der Waals surface area contributed by atoms with Gasteiger partial charge >= 0.3 is 0 Å². The smallest absolute Gasteiger partial charge is 0.223 e. The number of hydrogen-bond acceptors (Lipinski definition) is 6. The molecule has 1 aliphatic rings. The van der Waals surface area contributed by atoms with Crippen LogP contribution in [0.25, 0.3) is 0 Å². The van der Waals surface area contributed by atoms with E-state index in [9.17, 15) is 4.79 Å². The third-order valence-corrected chi connectivity index (χ3v) is 6.42. The van der Waals surface area contributed by atoms with E-state index in [4.69, 9.17) is 4.74 Å². The van der Waals surface area contributed by atoms with Crippen LogP contribution in [-0.4, -0.2) is 68.2 Å². The average molecular weight is 404 g/mol. The first-order chi connectivity index (χ1) is 13.8. The van der Waals surface area contributed by atoms with Crippen molar-refractivity contribution in [2.45, 2.75) is 51.7 Å². The van der Waals surface area contributed by atoms with Crippen LogP contribution in [0.4, 0.5) is 0 Å². The molecular formula is C20H33N7O2. The Hall–Kier alpha value is -2.26. The van der Waals surface area contributed by atoms with Gasteiger partial charge in [-0.15, -0.1) is 0 Å². The lowest BCUT2D eigenvalue weighted by Gasteiger charge is -2.34. The molecular weight excluding hydrogens is 370 g/mol. The molecule has 1 N–H and O–H groups in total. The van der Waals surface area contributed by atoms with Gasteiger partial charge in [-0.2, -0.15) is 10.2 Å². The molecule has 160 valence electrons. The van der Waals surface area contributed by atoms with E-state index in [-0.39, 0.29) is 29.4 Å². The van der Waals surface area contributed by atoms with Crippen LogP contribution in [0.2, 0.25) is 0 Å². The van der Waals surface area contributed by atoms with Crippen LogP contribution in [0.3, 0.4) is 0 Å². The van der Waals surface area contributed by atoms with Gasteiger partial charge in [-0.3, -0.25) is 9.48 Å². The molecule has 0 aromatic carbocycles. The van der Waals surface area contributed by atoms with Crippen LogP contribution < -0.4 is 5.32 Å². The first-order valence-corrected chi connectivity index (χ1v) is 10.1. The standard InChI is InChI=1S/C20H33N7O2/c1-14-17(11-23-25(14)5)19-16(9-18(28)26(19)7-8-29-6)10-22-15(2)20(3,4)27-13-21-12-24-27/h11-13,15-16,19,22H,7-10H2,1-6H3/t15-,16-,19+/m0/s1. The number of hydrogen-bond donors (Lipinski definition) is 1. The Kier molecular flexibility index (Phi) is 6.38. The number of methoxy groups -OCH3 is 1. The predicted molar refractivity (Wildman–Crippen MR) is 109 cm³/mol. The van der Waals surface area contributed by atoms with Gasteiger partial charge in [0.15, 0.2) is 0 Å². The molecule has 3 rings (SSSR count). The summed E-state index contributed by atoms with van der Waals surface area (Å²) in [4.78, 5) is 18.8. The molecule has 1 fully saturated rings. The molecule has 0 bridgehead atoms. The molecule has 29 heavy (non-hydrogen) atoms. The summed E-state index contributed by atoms with van der Waals surface area (Å²) in [7, 11) is 3.60. The van der Waals surface area contributed by atoms with E-state index in [0.29, 0.717) is 19.6 Å². The van der Waals surface area contributed by atoms with Gasteiger partial charge in [-0.05, 0) is 27.7 Å². The zero-order valence-electron chi connectivity index (χ0n) is 18.3. The van der Waals surface area contributed by atoms with Crippen LogP contribution in [0.1, 0.15) is 44.5 Å². The predicted octanol–water partition coefficient (Wildman–Crippen LogP) is 1.27. The summed E-state index contributed by atoms with van der Waals surface area (Å²) in [5, 5.41) is 12.4. The zero-order chi connectivity index (χ0) is 21.2. The van der Waals surface area contributed by atoms with Gasteiger partial charge in [0.1, 0.15) is 12.7 Å². The highest BCUT2D eigenvalue weighted by atomic mass is 16.5. The molecule has 0 saturated carbocycles. The summed E-state index contributed by atoms with van der Waals surface area (Å²) in [5.74, 6) is 0.335. The summed E-state index contributed by atoms with van der Waals surface area (Å²) >= 11 is 0. The van der Waals surface area contributed by atoms with Crippen molar-refractivity contribution in [1.29, 1.82) is 0 Å². The number of carbonyl (C=O) groups excluding carboxylic acids is 1. The second kappa shape index (κ2) is 8.62. The van der Waals surface area contributed by atoms with Gasteiger partial charge in [-0.1, -0.05) is 0 Å². The summed E-state index contributed by atoms with van der Waals surface area (Å²) < 4.78 is 8.99. The number of nitrogens with one attached hydrogen (secondary N) is 1. The fourth-order valence-electron chi connectivity index (χ4n) is 4.01. The Labute approximate surface area is 172 Å². The zero-order valence-corrected chi connectivity index (χ0v) is 18.3. The minimum Gasteiger partial charge on any atom is -0.383 e. The molecule has 0 unspecified atom stereocenters. The normalized spacial score (nSPS) is 21.2. The number of aromatic nitrogens is 5. The van der Waals surface area contributed by atoms with Crippen molar-refractivity contribution in [3.63, 3.8) is 0 Å². The molecule has 1 saturated heterocycles. The van der Waals surface area contributed by atoms with Gasteiger partial charge in [0.2, 0.25) is 5.91 Å². The third-order valence-electron chi connectivity index (χ3n) is 6.42. The molecule has 1 aliphatic heterocycles. The highest BCUT2D eigenvalue weighted by Crippen LogP contribution is 2.39. The van der Waals surface area contributed by atoms with Crippen LogP contribution in [0.5, 0.6) is 0 Å². The van der Waals surface area contributed by atoms with Crippen molar-refractivity contribution in [2.75, 3.05) is 26.8 Å². The van der Waals surface area contributed by atoms with Crippen molar-refractivity contribution in [1.82, 2.24) is 34.8 Å². The van der Waals surface area contributed by atoms with Gasteiger partial charge in [0.25, 0.3) is 0 Å². The van der Waals surface area contributed by atoms with E-state index in [1.54, 1.807) is 19.8 Å². The third kappa shape index (κ3) is 4.20. The highest BCUT2D eigenvalue weighted by molar-refractivity contribution is 5.79. The monoisotopic (exact) mass is 403 g/mol. The minimum absolute atomic E-state index is 0.000493. The maximum Gasteiger partial charge on any atom is 0.223 e. The fraction of sp³-hybridized carbons (Fsp3) is 0.700. The molecule has 3 heterocycles. The maximum atomic E-state index is 12.8. The molecule has 2 aromatic heterocycles. The molecule has 0 aliphatic carbocycles. The van der Waals surface area contributed by atoms with Crippen molar-refractivity contribution < 1.29 is 9.53 Å². The number of aryl methyl sites for hydroxylation is 1. The molecule has 0 spiro atoms. The maximum absolute atomic E-state index is 12.8. The van der Waals surface area contributed by atoms with Gasteiger partial charge in [-0.25, -0.2) is 9.67 Å². The summed E-state index contributed by atoms with van der Waals surface area (Å²) in [6, 6.07) is 0.142. The Morgan fingerprint density at radius 1 is 1.38 bits per heavy atom. The van der Waals surface area contributed by atoms with Gasteiger partial charge in [0, 0.05) is 56.9 Å². The van der Waals surface area contributed by atoms with Crippen LogP contribution in [0.15, 0.2) is 18.9 Å². The number of carbonyl (C=O) groups is 1. The summed E-state index contributed by atoms with van der Waals surface area (Å²) in [5.41, 5.74) is 1.96. The van der Waals surface area contributed by atoms with E-state index < -0.39 is 0 Å². The van der Waals surface area contributed by atoms with Crippen LogP contribution >= 0.6 is 0 Å². The lowest BCUT2D eigenvalue weighted by Crippen LogP contribution is -2.48.